The molecule has 0 aliphatic carbocycles. The SMILES string of the molecule is CC(C)(C)C(=O)Nc1cc(-c2cn3nc(N4CC(F)(F)C4)ccc3n2)ccc1C(F)(F)F. The second-order valence-electron chi connectivity index (χ2n) is 8.79. The van der Waals surface area contributed by atoms with Crippen molar-refractivity contribution in [3.8, 4) is 11.3 Å². The van der Waals surface area contributed by atoms with Crippen molar-refractivity contribution in [1.29, 1.82) is 0 Å². The molecule has 0 unspecified atom stereocenters. The predicted molar refractivity (Wildman–Crippen MR) is 109 cm³/mol. The van der Waals surface area contributed by atoms with Gasteiger partial charge in [-0.3, -0.25) is 4.79 Å². The molecular formula is C21H20F5N5O. The van der Waals surface area contributed by atoms with Crippen LogP contribution in [-0.2, 0) is 11.0 Å². The number of nitrogens with zero attached hydrogens (tertiary/aromatic N) is 4. The molecule has 32 heavy (non-hydrogen) atoms. The van der Waals surface area contributed by atoms with Gasteiger partial charge >= 0.3 is 6.18 Å². The molecular weight excluding hydrogens is 433 g/mol. The van der Waals surface area contributed by atoms with Gasteiger partial charge in [0.25, 0.3) is 5.92 Å². The second-order valence-corrected chi connectivity index (χ2v) is 8.79. The molecule has 170 valence electrons. The summed E-state index contributed by atoms with van der Waals surface area (Å²) in [5.41, 5.74) is -1.18. The Morgan fingerprint density at radius 1 is 1.09 bits per heavy atom. The van der Waals surface area contributed by atoms with E-state index in [1.807, 2.05) is 0 Å². The van der Waals surface area contributed by atoms with E-state index in [4.69, 9.17) is 0 Å². The van der Waals surface area contributed by atoms with Crippen molar-refractivity contribution < 1.29 is 26.7 Å². The summed E-state index contributed by atoms with van der Waals surface area (Å²) >= 11 is 0. The number of fused-ring (bicyclic) bond motifs is 1. The summed E-state index contributed by atoms with van der Waals surface area (Å²) in [6, 6.07) is 6.51. The van der Waals surface area contributed by atoms with Gasteiger partial charge in [-0.1, -0.05) is 26.8 Å². The second kappa shape index (κ2) is 7.14. The molecule has 3 aromatic rings. The van der Waals surface area contributed by atoms with Crippen LogP contribution in [0.4, 0.5) is 33.5 Å². The van der Waals surface area contributed by atoms with E-state index >= 15 is 0 Å². The van der Waals surface area contributed by atoms with Crippen LogP contribution in [0.25, 0.3) is 16.9 Å². The van der Waals surface area contributed by atoms with Crippen LogP contribution in [0.5, 0.6) is 0 Å². The van der Waals surface area contributed by atoms with Crippen LogP contribution < -0.4 is 10.2 Å². The predicted octanol–water partition coefficient (Wildman–Crippen LogP) is 4.86. The Kier molecular flexibility index (Phi) is 4.90. The van der Waals surface area contributed by atoms with E-state index in [9.17, 15) is 26.7 Å². The number of amides is 1. The van der Waals surface area contributed by atoms with Crippen molar-refractivity contribution >= 4 is 23.1 Å². The molecule has 1 aliphatic heterocycles. The van der Waals surface area contributed by atoms with E-state index < -0.39 is 42.1 Å². The van der Waals surface area contributed by atoms with E-state index in [0.717, 1.165) is 6.07 Å². The quantitative estimate of drug-likeness (QED) is 0.576. The summed E-state index contributed by atoms with van der Waals surface area (Å²) in [4.78, 5) is 18.1. The van der Waals surface area contributed by atoms with Crippen LogP contribution in [0.3, 0.4) is 0 Å². The normalized spacial score (nSPS) is 16.2. The maximum Gasteiger partial charge on any atom is 0.418 e. The number of imidazole rings is 1. The molecule has 1 aromatic carbocycles. The molecule has 1 saturated heterocycles. The Bertz CT molecular complexity index is 1190. The number of hydrogen-bond acceptors (Lipinski definition) is 4. The maximum absolute atomic E-state index is 13.5. The Labute approximate surface area is 180 Å². The molecule has 1 N–H and O–H groups in total. The number of hydrogen-bond donors (Lipinski definition) is 1. The first-order valence-electron chi connectivity index (χ1n) is 9.75. The van der Waals surface area contributed by atoms with Crippen molar-refractivity contribution in [3.63, 3.8) is 0 Å². The third kappa shape index (κ3) is 4.23. The number of benzene rings is 1. The molecule has 1 fully saturated rings. The average molecular weight is 453 g/mol. The summed E-state index contributed by atoms with van der Waals surface area (Å²) in [6.45, 7) is 3.93. The van der Waals surface area contributed by atoms with Gasteiger partial charge < -0.3 is 10.2 Å². The number of aromatic nitrogens is 3. The molecule has 6 nitrogen and oxygen atoms in total. The van der Waals surface area contributed by atoms with Gasteiger partial charge in [-0.2, -0.15) is 13.2 Å². The monoisotopic (exact) mass is 453 g/mol. The molecule has 4 rings (SSSR count). The number of alkyl halides is 5. The number of carbonyl (C=O) groups excluding carboxylic acids is 1. The van der Waals surface area contributed by atoms with E-state index in [-0.39, 0.29) is 5.69 Å². The zero-order valence-corrected chi connectivity index (χ0v) is 17.5. The van der Waals surface area contributed by atoms with Crippen molar-refractivity contribution in [2.45, 2.75) is 32.9 Å². The van der Waals surface area contributed by atoms with E-state index in [1.165, 1.54) is 27.7 Å². The molecule has 0 saturated carbocycles. The number of nitrogens with one attached hydrogen (secondary N) is 1. The van der Waals surface area contributed by atoms with E-state index in [1.54, 1.807) is 32.9 Å². The standard InChI is InChI=1S/C21H20F5N5O/c1-19(2,3)18(32)28-14-8-12(4-5-13(14)21(24,25)26)15-9-31-16(27-15)6-7-17(29-31)30-10-20(22,23)11-30/h4-9H,10-11H2,1-3H3,(H,28,32). The zero-order chi connectivity index (χ0) is 23.5. The first-order valence-corrected chi connectivity index (χ1v) is 9.75. The third-order valence-corrected chi connectivity index (χ3v) is 5.02. The minimum atomic E-state index is -4.66. The fourth-order valence-electron chi connectivity index (χ4n) is 3.22. The van der Waals surface area contributed by atoms with Gasteiger partial charge in [0.2, 0.25) is 5.91 Å². The number of anilines is 2. The first kappa shape index (κ1) is 22.0. The molecule has 1 amide bonds. The fourth-order valence-corrected chi connectivity index (χ4v) is 3.22. The highest BCUT2D eigenvalue weighted by Gasteiger charge is 2.44. The molecule has 0 radical (unpaired) electrons. The fraction of sp³-hybridized carbons (Fsp3) is 0.381. The molecule has 0 atom stereocenters. The Morgan fingerprint density at radius 2 is 1.78 bits per heavy atom. The summed E-state index contributed by atoms with van der Waals surface area (Å²) in [6.07, 6.45) is -3.16. The maximum atomic E-state index is 13.5. The molecule has 11 heteroatoms. The Morgan fingerprint density at radius 3 is 2.38 bits per heavy atom. The molecule has 2 aromatic heterocycles. The highest BCUT2D eigenvalue weighted by Crippen LogP contribution is 2.38. The Balaban J connectivity index is 1.69. The molecule has 3 heterocycles. The summed E-state index contributed by atoms with van der Waals surface area (Å²) in [5.74, 6) is -2.96. The Hall–Kier alpha value is -3.24. The highest BCUT2D eigenvalue weighted by atomic mass is 19.4. The van der Waals surface area contributed by atoms with Crippen LogP contribution in [-0.4, -0.2) is 39.5 Å². The highest BCUT2D eigenvalue weighted by molar-refractivity contribution is 5.96. The van der Waals surface area contributed by atoms with Gasteiger partial charge in [-0.25, -0.2) is 18.3 Å². The average Bonchev–Trinajstić information content (AvgIpc) is 3.07. The summed E-state index contributed by atoms with van der Waals surface area (Å²) in [5, 5.41) is 6.63. The van der Waals surface area contributed by atoms with Gasteiger partial charge in [0.15, 0.2) is 5.65 Å². The number of carbonyl (C=O) groups is 1. The smallest absolute Gasteiger partial charge is 0.343 e. The minimum Gasteiger partial charge on any atom is -0.343 e. The zero-order valence-electron chi connectivity index (χ0n) is 17.5. The first-order chi connectivity index (χ1) is 14.7. The van der Waals surface area contributed by atoms with Gasteiger partial charge in [-0.15, -0.1) is 5.10 Å². The lowest BCUT2D eigenvalue weighted by Crippen LogP contribution is -2.56. The van der Waals surface area contributed by atoms with Crippen LogP contribution in [0.2, 0.25) is 0 Å². The largest absolute Gasteiger partial charge is 0.418 e. The van der Waals surface area contributed by atoms with Crippen LogP contribution in [0.1, 0.15) is 26.3 Å². The number of halogens is 5. The van der Waals surface area contributed by atoms with E-state index in [2.05, 4.69) is 15.4 Å². The third-order valence-electron chi connectivity index (χ3n) is 5.02. The van der Waals surface area contributed by atoms with Crippen LogP contribution in [0, 0.1) is 5.41 Å². The molecule has 0 bridgehead atoms. The van der Waals surface area contributed by atoms with Crippen molar-refractivity contribution in [2.75, 3.05) is 23.3 Å². The lowest BCUT2D eigenvalue weighted by Gasteiger charge is -2.39. The van der Waals surface area contributed by atoms with Crippen LogP contribution >= 0.6 is 0 Å². The van der Waals surface area contributed by atoms with Crippen molar-refractivity contribution in [1.82, 2.24) is 14.6 Å². The summed E-state index contributed by atoms with van der Waals surface area (Å²) in [7, 11) is 0. The van der Waals surface area contributed by atoms with Gasteiger partial charge in [0.1, 0.15) is 5.82 Å². The minimum absolute atomic E-state index is 0.323. The van der Waals surface area contributed by atoms with Gasteiger partial charge in [-0.05, 0) is 24.3 Å². The molecule has 0 spiro atoms. The lowest BCUT2D eigenvalue weighted by atomic mass is 9.95. The van der Waals surface area contributed by atoms with E-state index in [0.29, 0.717) is 22.7 Å². The summed E-state index contributed by atoms with van der Waals surface area (Å²) < 4.78 is 68.1. The van der Waals surface area contributed by atoms with Gasteiger partial charge in [0.05, 0.1) is 36.2 Å². The van der Waals surface area contributed by atoms with Gasteiger partial charge in [0, 0.05) is 11.0 Å². The topological polar surface area (TPSA) is 62.5 Å². The molecule has 1 aliphatic rings. The lowest BCUT2D eigenvalue weighted by molar-refractivity contribution is -0.137. The van der Waals surface area contributed by atoms with Crippen molar-refractivity contribution in [2.24, 2.45) is 5.41 Å². The van der Waals surface area contributed by atoms with Crippen molar-refractivity contribution in [3.05, 3.63) is 42.1 Å². The van der Waals surface area contributed by atoms with Crippen LogP contribution in [0.15, 0.2) is 36.5 Å². The number of rotatable bonds is 3.